The molecule has 1 heteroatoms. The zero-order valence-corrected chi connectivity index (χ0v) is 8.26. The van der Waals surface area contributed by atoms with Crippen LogP contribution >= 0.6 is 0 Å². The van der Waals surface area contributed by atoms with Crippen molar-refractivity contribution in [1.82, 2.24) is 0 Å². The average molecular weight is 166 g/mol. The van der Waals surface area contributed by atoms with Gasteiger partial charge in [-0.05, 0) is 31.1 Å². The van der Waals surface area contributed by atoms with Crippen LogP contribution in [-0.2, 0) is 4.79 Å². The Morgan fingerprint density at radius 2 is 2.25 bits per heavy atom. The van der Waals surface area contributed by atoms with E-state index in [9.17, 15) is 4.79 Å². The van der Waals surface area contributed by atoms with Crippen molar-refractivity contribution in [2.24, 2.45) is 11.3 Å². The van der Waals surface area contributed by atoms with Gasteiger partial charge in [-0.2, -0.15) is 0 Å². The normalized spacial score (nSPS) is 23.1. The van der Waals surface area contributed by atoms with Gasteiger partial charge in [0.15, 0.2) is 0 Å². The summed E-state index contributed by atoms with van der Waals surface area (Å²) in [5, 5.41) is 0. The number of carbonyl (C=O) groups excluding carboxylic acids is 1. The van der Waals surface area contributed by atoms with E-state index >= 15 is 0 Å². The summed E-state index contributed by atoms with van der Waals surface area (Å²) >= 11 is 0. The Bertz CT molecular complexity index is 201. The highest BCUT2D eigenvalue weighted by Gasteiger charge is 2.29. The topological polar surface area (TPSA) is 17.1 Å². The van der Waals surface area contributed by atoms with E-state index in [2.05, 4.69) is 26.0 Å². The van der Waals surface area contributed by atoms with Gasteiger partial charge in [-0.15, -0.1) is 0 Å². The van der Waals surface area contributed by atoms with E-state index in [-0.39, 0.29) is 5.41 Å². The maximum absolute atomic E-state index is 11.0. The van der Waals surface area contributed by atoms with Crippen molar-refractivity contribution in [3.05, 3.63) is 12.2 Å². The highest BCUT2D eigenvalue weighted by Crippen LogP contribution is 2.37. The third kappa shape index (κ3) is 2.20. The minimum atomic E-state index is 0.166. The average Bonchev–Trinajstić information content (AvgIpc) is 2.32. The molecule has 0 aromatic heterocycles. The molecular weight excluding hydrogens is 148 g/mol. The fraction of sp³-hybridized carbons (Fsp3) is 0.727. The Morgan fingerprint density at radius 1 is 1.58 bits per heavy atom. The van der Waals surface area contributed by atoms with E-state index in [1.54, 1.807) is 6.92 Å². The van der Waals surface area contributed by atoms with E-state index in [0.29, 0.717) is 18.1 Å². The van der Waals surface area contributed by atoms with Gasteiger partial charge in [0.2, 0.25) is 0 Å². The quantitative estimate of drug-likeness (QED) is 0.589. The molecule has 1 rings (SSSR count). The molecule has 0 spiro atoms. The van der Waals surface area contributed by atoms with Gasteiger partial charge in [-0.1, -0.05) is 26.0 Å². The highest BCUT2D eigenvalue weighted by molar-refractivity contribution is 5.76. The maximum atomic E-state index is 11.0. The lowest BCUT2D eigenvalue weighted by Gasteiger charge is -2.29. The molecule has 1 aliphatic rings. The van der Waals surface area contributed by atoms with Crippen molar-refractivity contribution in [1.29, 1.82) is 0 Å². The zero-order valence-electron chi connectivity index (χ0n) is 8.26. The van der Waals surface area contributed by atoms with Gasteiger partial charge >= 0.3 is 0 Å². The standard InChI is InChI=1S/C11H18O/c1-9(12)8-11(2,3)10-6-4-5-7-10/h4,6,10H,5,7-8H2,1-3H3. The van der Waals surface area contributed by atoms with Crippen molar-refractivity contribution >= 4 is 5.78 Å². The molecule has 1 unspecified atom stereocenters. The first kappa shape index (κ1) is 9.50. The molecule has 0 fully saturated rings. The third-order valence-corrected chi connectivity index (χ3v) is 2.72. The summed E-state index contributed by atoms with van der Waals surface area (Å²) in [6.45, 7) is 6.06. The molecule has 0 bridgehead atoms. The lowest BCUT2D eigenvalue weighted by atomic mass is 9.75. The van der Waals surface area contributed by atoms with Crippen LogP contribution in [-0.4, -0.2) is 5.78 Å². The molecule has 0 saturated heterocycles. The van der Waals surface area contributed by atoms with Crippen LogP contribution in [0.4, 0.5) is 0 Å². The fourth-order valence-corrected chi connectivity index (χ4v) is 2.06. The van der Waals surface area contributed by atoms with Gasteiger partial charge in [0.05, 0.1) is 0 Å². The molecule has 68 valence electrons. The van der Waals surface area contributed by atoms with Crippen molar-refractivity contribution in [3.8, 4) is 0 Å². The first-order valence-electron chi connectivity index (χ1n) is 4.68. The van der Waals surface area contributed by atoms with E-state index in [1.807, 2.05) is 0 Å². The SMILES string of the molecule is CC(=O)CC(C)(C)C1C=CCC1. The molecule has 0 heterocycles. The van der Waals surface area contributed by atoms with Crippen LogP contribution in [0.2, 0.25) is 0 Å². The van der Waals surface area contributed by atoms with E-state index < -0.39 is 0 Å². The van der Waals surface area contributed by atoms with Crippen LogP contribution < -0.4 is 0 Å². The Hall–Kier alpha value is -0.590. The van der Waals surface area contributed by atoms with E-state index in [1.165, 1.54) is 12.8 Å². The maximum Gasteiger partial charge on any atom is 0.130 e. The number of carbonyl (C=O) groups is 1. The predicted octanol–water partition coefficient (Wildman–Crippen LogP) is 2.96. The summed E-state index contributed by atoms with van der Waals surface area (Å²) in [7, 11) is 0. The minimum Gasteiger partial charge on any atom is -0.300 e. The second kappa shape index (κ2) is 3.42. The van der Waals surface area contributed by atoms with Crippen LogP contribution in [0, 0.1) is 11.3 Å². The van der Waals surface area contributed by atoms with Gasteiger partial charge in [-0.3, -0.25) is 0 Å². The molecule has 0 saturated carbocycles. The number of ketones is 1. The molecule has 0 radical (unpaired) electrons. The lowest BCUT2D eigenvalue weighted by Crippen LogP contribution is -2.23. The van der Waals surface area contributed by atoms with E-state index in [4.69, 9.17) is 0 Å². The summed E-state index contributed by atoms with van der Waals surface area (Å²) in [5.74, 6) is 0.918. The molecule has 12 heavy (non-hydrogen) atoms. The van der Waals surface area contributed by atoms with Crippen LogP contribution in [0.5, 0.6) is 0 Å². The van der Waals surface area contributed by atoms with Crippen LogP contribution in [0.15, 0.2) is 12.2 Å². The number of hydrogen-bond donors (Lipinski definition) is 0. The molecule has 0 N–H and O–H groups in total. The zero-order chi connectivity index (χ0) is 9.19. The van der Waals surface area contributed by atoms with Crippen LogP contribution in [0.3, 0.4) is 0 Å². The van der Waals surface area contributed by atoms with Gasteiger partial charge in [0.25, 0.3) is 0 Å². The molecule has 0 amide bonds. The Morgan fingerprint density at radius 3 is 2.67 bits per heavy atom. The van der Waals surface area contributed by atoms with Crippen molar-refractivity contribution in [2.75, 3.05) is 0 Å². The summed E-state index contributed by atoms with van der Waals surface area (Å²) in [4.78, 5) is 11.0. The Balaban J connectivity index is 2.57. The smallest absolute Gasteiger partial charge is 0.130 e. The number of rotatable bonds is 3. The summed E-state index contributed by atoms with van der Waals surface area (Å²) < 4.78 is 0. The molecule has 1 atom stereocenters. The highest BCUT2D eigenvalue weighted by atomic mass is 16.1. The predicted molar refractivity (Wildman–Crippen MR) is 50.9 cm³/mol. The monoisotopic (exact) mass is 166 g/mol. The van der Waals surface area contributed by atoms with Gasteiger partial charge in [0.1, 0.15) is 5.78 Å². The van der Waals surface area contributed by atoms with Crippen molar-refractivity contribution < 1.29 is 4.79 Å². The van der Waals surface area contributed by atoms with Gasteiger partial charge < -0.3 is 4.79 Å². The summed E-state index contributed by atoms with van der Waals surface area (Å²) in [5.41, 5.74) is 0.166. The van der Waals surface area contributed by atoms with Gasteiger partial charge in [0, 0.05) is 6.42 Å². The molecular formula is C11H18O. The fourth-order valence-electron chi connectivity index (χ4n) is 2.06. The Labute approximate surface area is 74.9 Å². The van der Waals surface area contributed by atoms with E-state index in [0.717, 1.165) is 0 Å². The van der Waals surface area contributed by atoms with Gasteiger partial charge in [-0.25, -0.2) is 0 Å². The summed E-state index contributed by atoms with van der Waals surface area (Å²) in [6.07, 6.45) is 7.61. The molecule has 0 aliphatic heterocycles. The summed E-state index contributed by atoms with van der Waals surface area (Å²) in [6, 6.07) is 0. The van der Waals surface area contributed by atoms with Crippen molar-refractivity contribution in [3.63, 3.8) is 0 Å². The van der Waals surface area contributed by atoms with Crippen LogP contribution in [0.25, 0.3) is 0 Å². The second-order valence-electron chi connectivity index (χ2n) is 4.48. The first-order chi connectivity index (χ1) is 5.52. The number of Topliss-reactive ketones (excluding diaryl/α,β-unsaturated/α-hetero) is 1. The van der Waals surface area contributed by atoms with Crippen LogP contribution in [0.1, 0.15) is 40.0 Å². The second-order valence-corrected chi connectivity index (χ2v) is 4.48. The lowest BCUT2D eigenvalue weighted by molar-refractivity contribution is -0.119. The molecule has 0 aromatic carbocycles. The molecule has 1 nitrogen and oxygen atoms in total. The number of allylic oxidation sites excluding steroid dienone is 2. The Kier molecular flexibility index (Phi) is 2.71. The molecule has 1 aliphatic carbocycles. The molecule has 0 aromatic rings. The van der Waals surface area contributed by atoms with Crippen molar-refractivity contribution in [2.45, 2.75) is 40.0 Å². The largest absolute Gasteiger partial charge is 0.300 e. The number of hydrogen-bond acceptors (Lipinski definition) is 1. The minimum absolute atomic E-state index is 0.166. The first-order valence-corrected chi connectivity index (χ1v) is 4.68. The third-order valence-electron chi connectivity index (χ3n) is 2.72.